The van der Waals surface area contributed by atoms with Crippen molar-refractivity contribution in [2.24, 2.45) is 0 Å². The van der Waals surface area contributed by atoms with Crippen LogP contribution in [0.25, 0.3) is 10.2 Å². The van der Waals surface area contributed by atoms with Gasteiger partial charge in [0, 0.05) is 50.2 Å². The van der Waals surface area contributed by atoms with E-state index in [4.69, 9.17) is 0 Å². The smallest absolute Gasteiger partial charge is 0.328 e. The Balaban J connectivity index is 1.35. The van der Waals surface area contributed by atoms with Gasteiger partial charge in [0.05, 0.1) is 11.2 Å². The molecule has 3 aromatic rings. The summed E-state index contributed by atoms with van der Waals surface area (Å²) in [4.78, 5) is 48.6. The molecule has 2 aliphatic rings. The first-order chi connectivity index (χ1) is 15.9. The summed E-state index contributed by atoms with van der Waals surface area (Å²) in [6.45, 7) is 4.13. The van der Waals surface area contributed by atoms with E-state index >= 15 is 0 Å². The molecular weight excluding hydrogens is 447 g/mol. The van der Waals surface area contributed by atoms with E-state index < -0.39 is 11.9 Å². The van der Waals surface area contributed by atoms with Crippen LogP contribution in [0.2, 0.25) is 0 Å². The monoisotopic (exact) mass is 472 g/mol. The Morgan fingerprint density at radius 2 is 2.00 bits per heavy atom. The van der Waals surface area contributed by atoms with Crippen molar-refractivity contribution >= 4 is 33.1 Å². The number of halogens is 1. The van der Waals surface area contributed by atoms with Crippen LogP contribution in [0.15, 0.2) is 27.8 Å². The van der Waals surface area contributed by atoms with E-state index in [-0.39, 0.29) is 29.0 Å². The number of aromatic amines is 1. The minimum absolute atomic E-state index is 0.0605. The van der Waals surface area contributed by atoms with Gasteiger partial charge in [-0.3, -0.25) is 19.1 Å². The first-order valence-corrected chi connectivity index (χ1v) is 11.9. The maximum absolute atomic E-state index is 14.7. The maximum Gasteiger partial charge on any atom is 0.328 e. The predicted octanol–water partition coefficient (Wildman–Crippen LogP) is 1.52. The fourth-order valence-corrected chi connectivity index (χ4v) is 6.07. The Bertz CT molecular complexity index is 1330. The third-order valence-corrected chi connectivity index (χ3v) is 7.73. The normalized spacial score (nSPS) is 20.5. The molecule has 9 nitrogen and oxygen atoms in total. The number of carbonyl (C=O) groups excluding carboxylic acids is 1. The number of pyridine rings is 1. The summed E-state index contributed by atoms with van der Waals surface area (Å²) in [6, 6.07) is 5.57. The van der Waals surface area contributed by atoms with Crippen molar-refractivity contribution in [1.29, 1.82) is 0 Å². The molecule has 11 heteroatoms. The number of anilines is 1. The molecule has 0 spiro atoms. The molecule has 2 unspecified atom stereocenters. The van der Waals surface area contributed by atoms with Gasteiger partial charge in [-0.2, -0.15) is 4.39 Å². The van der Waals surface area contributed by atoms with Gasteiger partial charge in [0.1, 0.15) is 10.4 Å². The summed E-state index contributed by atoms with van der Waals surface area (Å²) in [7, 11) is 1.49. The number of nitrogens with one attached hydrogen (secondary N) is 2. The third kappa shape index (κ3) is 3.74. The lowest BCUT2D eigenvalue weighted by Gasteiger charge is -2.41. The lowest BCUT2D eigenvalue weighted by Crippen LogP contribution is -2.53. The summed E-state index contributed by atoms with van der Waals surface area (Å²) in [5.74, 6) is -1.05. The van der Waals surface area contributed by atoms with E-state index in [0.717, 1.165) is 17.7 Å². The quantitative estimate of drug-likeness (QED) is 0.546. The highest BCUT2D eigenvalue weighted by Gasteiger charge is 2.40. The van der Waals surface area contributed by atoms with Crippen molar-refractivity contribution < 1.29 is 9.18 Å². The van der Waals surface area contributed by atoms with Crippen molar-refractivity contribution in [3.8, 4) is 0 Å². The van der Waals surface area contributed by atoms with Gasteiger partial charge in [0.15, 0.2) is 0 Å². The van der Waals surface area contributed by atoms with Crippen molar-refractivity contribution in [3.05, 3.63) is 55.6 Å². The fraction of sp³-hybridized carbons (Fsp3) is 0.455. The first kappa shape index (κ1) is 21.8. The highest BCUT2D eigenvalue weighted by atomic mass is 32.1. The van der Waals surface area contributed by atoms with Crippen LogP contribution in [0, 0.1) is 5.95 Å². The predicted molar refractivity (Wildman–Crippen MR) is 125 cm³/mol. The molecule has 174 valence electrons. The molecule has 1 amide bonds. The highest BCUT2D eigenvalue weighted by molar-refractivity contribution is 7.18. The van der Waals surface area contributed by atoms with Crippen molar-refractivity contribution in [1.82, 2.24) is 24.8 Å². The Kier molecular flexibility index (Phi) is 5.53. The molecular formula is C22H25FN6O3S. The number of piperazine rings is 1. The molecule has 2 N–H and O–H groups in total. The summed E-state index contributed by atoms with van der Waals surface area (Å²) in [5, 5.41) is 2.46. The second kappa shape index (κ2) is 8.38. The molecule has 3 aromatic heterocycles. The van der Waals surface area contributed by atoms with Crippen LogP contribution in [-0.2, 0) is 13.1 Å². The van der Waals surface area contributed by atoms with E-state index in [2.05, 4.69) is 20.2 Å². The Morgan fingerprint density at radius 3 is 2.64 bits per heavy atom. The zero-order valence-electron chi connectivity index (χ0n) is 18.4. The van der Waals surface area contributed by atoms with Crippen molar-refractivity contribution in [2.75, 3.05) is 25.0 Å². The van der Waals surface area contributed by atoms with Gasteiger partial charge in [0.25, 0.3) is 11.5 Å². The number of thiophene rings is 1. The summed E-state index contributed by atoms with van der Waals surface area (Å²) < 4.78 is 16.5. The molecule has 0 radical (unpaired) electrons. The lowest BCUT2D eigenvalue weighted by atomic mass is 10.1. The van der Waals surface area contributed by atoms with E-state index in [1.54, 1.807) is 19.1 Å². The van der Waals surface area contributed by atoms with Gasteiger partial charge in [-0.05, 0) is 38.0 Å². The number of amides is 1. The van der Waals surface area contributed by atoms with E-state index in [0.29, 0.717) is 42.1 Å². The molecule has 0 aliphatic carbocycles. The zero-order valence-corrected chi connectivity index (χ0v) is 19.2. The van der Waals surface area contributed by atoms with E-state index in [1.807, 2.05) is 11.0 Å². The molecule has 0 saturated carbocycles. The Morgan fingerprint density at radius 1 is 1.27 bits per heavy atom. The SMILES string of the molecule is CCn1c(=O)[nH]c2cc(CN3C4CCC3CN(c3ccc(C(=O)NC)nc3F)C4)sc2c1=O. The number of hydrogen-bond acceptors (Lipinski definition) is 7. The second-order valence-corrected chi connectivity index (χ2v) is 9.62. The van der Waals surface area contributed by atoms with Gasteiger partial charge in [-0.15, -0.1) is 11.3 Å². The molecule has 5 heterocycles. The summed E-state index contributed by atoms with van der Waals surface area (Å²) >= 11 is 1.43. The minimum Gasteiger partial charge on any atom is -0.365 e. The second-order valence-electron chi connectivity index (χ2n) is 8.48. The fourth-order valence-electron chi connectivity index (χ4n) is 5.00. The highest BCUT2D eigenvalue weighted by Crippen LogP contribution is 2.35. The molecule has 2 bridgehead atoms. The average Bonchev–Trinajstić information content (AvgIpc) is 3.29. The minimum atomic E-state index is -0.635. The number of fused-ring (bicyclic) bond motifs is 3. The average molecular weight is 473 g/mol. The number of rotatable bonds is 5. The van der Waals surface area contributed by atoms with Gasteiger partial charge >= 0.3 is 5.69 Å². The van der Waals surface area contributed by atoms with Crippen molar-refractivity contribution in [3.63, 3.8) is 0 Å². The Labute approximate surface area is 192 Å². The standard InChI is InChI=1S/C22H25FN6O3S/c1-3-28-21(31)18-16(26-22(28)32)8-14(33-18)11-29-12-4-5-13(29)10-27(9-12)17-7-6-15(20(30)24-2)25-19(17)23/h6-8,12-13H,3-5,9-11H2,1-2H3,(H,24,30)(H,26,32). The third-order valence-electron chi connectivity index (χ3n) is 6.63. The molecule has 2 fully saturated rings. The number of hydrogen-bond donors (Lipinski definition) is 2. The molecule has 2 saturated heterocycles. The maximum atomic E-state index is 14.7. The summed E-state index contributed by atoms with van der Waals surface area (Å²) in [5.41, 5.74) is 0.434. The molecule has 5 rings (SSSR count). The zero-order chi connectivity index (χ0) is 23.3. The number of aromatic nitrogens is 3. The van der Waals surface area contributed by atoms with Crippen LogP contribution in [0.4, 0.5) is 10.1 Å². The van der Waals surface area contributed by atoms with Crippen LogP contribution >= 0.6 is 11.3 Å². The number of nitrogens with zero attached hydrogens (tertiary/aromatic N) is 4. The van der Waals surface area contributed by atoms with E-state index in [1.165, 1.54) is 23.0 Å². The Hall–Kier alpha value is -3.05. The molecule has 2 atom stereocenters. The summed E-state index contributed by atoms with van der Waals surface area (Å²) in [6.07, 6.45) is 2.02. The molecule has 33 heavy (non-hydrogen) atoms. The number of H-pyrrole nitrogens is 1. The van der Waals surface area contributed by atoms with Gasteiger partial charge in [0.2, 0.25) is 5.95 Å². The van der Waals surface area contributed by atoms with Crippen LogP contribution in [0.3, 0.4) is 0 Å². The van der Waals surface area contributed by atoms with Crippen LogP contribution in [0.1, 0.15) is 35.1 Å². The van der Waals surface area contributed by atoms with Gasteiger partial charge < -0.3 is 15.2 Å². The lowest BCUT2D eigenvalue weighted by molar-refractivity contribution is 0.0957. The molecule has 2 aliphatic heterocycles. The molecule has 0 aromatic carbocycles. The largest absolute Gasteiger partial charge is 0.365 e. The van der Waals surface area contributed by atoms with Gasteiger partial charge in [-0.25, -0.2) is 9.78 Å². The first-order valence-electron chi connectivity index (χ1n) is 11.0. The van der Waals surface area contributed by atoms with Crippen molar-refractivity contribution in [2.45, 2.75) is 44.9 Å². The number of carbonyl (C=O) groups is 1. The van der Waals surface area contributed by atoms with Crippen LogP contribution < -0.4 is 21.5 Å². The van der Waals surface area contributed by atoms with E-state index in [9.17, 15) is 18.8 Å². The van der Waals surface area contributed by atoms with Gasteiger partial charge in [-0.1, -0.05) is 0 Å². The van der Waals surface area contributed by atoms with Crippen LogP contribution in [-0.4, -0.2) is 57.6 Å². The topological polar surface area (TPSA) is 103 Å². The van der Waals surface area contributed by atoms with Crippen LogP contribution in [0.5, 0.6) is 0 Å².